The van der Waals surface area contributed by atoms with Crippen LogP contribution in [0, 0.1) is 0 Å². The van der Waals surface area contributed by atoms with Crippen LogP contribution in [0.25, 0.3) is 0 Å². The number of hydrogen-bond acceptors (Lipinski definition) is 3. The largest absolute Gasteiger partial charge is 0.334 e. The lowest BCUT2D eigenvalue weighted by Gasteiger charge is -2.29. The number of nitrogens with one attached hydrogen (secondary N) is 2. The summed E-state index contributed by atoms with van der Waals surface area (Å²) in [5.41, 5.74) is 5.16. The standard InChI is InChI=1S/C18H19N3O3/c22-17(20-24)15-6-7-16-12-21(9-8-14(16)10-15)18(23)19-11-13-4-2-1-3-5-13/h1-7,10,24H,8-9,11-12H2,(H,19,23)(H,20,22). The molecule has 3 rings (SSSR count). The topological polar surface area (TPSA) is 81.7 Å². The van der Waals surface area contributed by atoms with Crippen LogP contribution in [-0.2, 0) is 19.5 Å². The number of hydrogen-bond donors (Lipinski definition) is 3. The number of carbonyl (C=O) groups excluding carboxylic acids is 2. The van der Waals surface area contributed by atoms with E-state index in [1.807, 2.05) is 36.4 Å². The van der Waals surface area contributed by atoms with Crippen molar-refractivity contribution in [2.75, 3.05) is 6.54 Å². The molecule has 0 radical (unpaired) electrons. The average Bonchev–Trinajstić information content (AvgIpc) is 2.65. The van der Waals surface area contributed by atoms with E-state index >= 15 is 0 Å². The van der Waals surface area contributed by atoms with Gasteiger partial charge in [0.25, 0.3) is 5.91 Å². The Kier molecular flexibility index (Phi) is 4.77. The van der Waals surface area contributed by atoms with E-state index in [1.54, 1.807) is 22.5 Å². The van der Waals surface area contributed by atoms with Crippen LogP contribution in [0.2, 0.25) is 0 Å². The van der Waals surface area contributed by atoms with E-state index < -0.39 is 5.91 Å². The number of nitrogens with zero attached hydrogens (tertiary/aromatic N) is 1. The van der Waals surface area contributed by atoms with Crippen molar-refractivity contribution in [2.45, 2.75) is 19.5 Å². The number of rotatable bonds is 3. The fourth-order valence-electron chi connectivity index (χ4n) is 2.82. The summed E-state index contributed by atoms with van der Waals surface area (Å²) >= 11 is 0. The minimum atomic E-state index is -0.527. The van der Waals surface area contributed by atoms with Crippen molar-refractivity contribution < 1.29 is 14.8 Å². The second-order valence-corrected chi connectivity index (χ2v) is 5.74. The number of amides is 3. The molecule has 24 heavy (non-hydrogen) atoms. The fourth-order valence-corrected chi connectivity index (χ4v) is 2.82. The summed E-state index contributed by atoms with van der Waals surface area (Å²) in [6.07, 6.45) is 0.681. The first kappa shape index (κ1) is 16.0. The molecule has 0 aromatic heterocycles. The third-order valence-electron chi connectivity index (χ3n) is 4.16. The van der Waals surface area contributed by atoms with Gasteiger partial charge in [-0.3, -0.25) is 10.0 Å². The molecule has 6 heteroatoms. The van der Waals surface area contributed by atoms with Gasteiger partial charge in [-0.25, -0.2) is 10.3 Å². The van der Waals surface area contributed by atoms with Crippen LogP contribution in [0.15, 0.2) is 48.5 Å². The first-order valence-electron chi connectivity index (χ1n) is 7.80. The van der Waals surface area contributed by atoms with Crippen molar-refractivity contribution >= 4 is 11.9 Å². The summed E-state index contributed by atoms with van der Waals surface area (Å²) in [6, 6.07) is 14.9. The van der Waals surface area contributed by atoms with Gasteiger partial charge in [0, 0.05) is 25.2 Å². The highest BCUT2D eigenvalue weighted by atomic mass is 16.5. The lowest BCUT2D eigenvalue weighted by molar-refractivity contribution is 0.0706. The van der Waals surface area contributed by atoms with Crippen molar-refractivity contribution in [2.24, 2.45) is 0 Å². The maximum Gasteiger partial charge on any atom is 0.317 e. The van der Waals surface area contributed by atoms with E-state index in [1.165, 1.54) is 0 Å². The molecule has 0 fully saturated rings. The van der Waals surface area contributed by atoms with Crippen molar-refractivity contribution in [1.29, 1.82) is 0 Å². The van der Waals surface area contributed by atoms with Gasteiger partial charge in [0.05, 0.1) is 0 Å². The number of benzene rings is 2. The van der Waals surface area contributed by atoms with Gasteiger partial charge in [-0.2, -0.15) is 0 Å². The second kappa shape index (κ2) is 7.14. The Hall–Kier alpha value is -2.86. The van der Waals surface area contributed by atoms with Crippen LogP contribution in [0.1, 0.15) is 27.0 Å². The SMILES string of the molecule is O=C(NO)c1ccc2c(c1)CCN(C(=O)NCc1ccccc1)C2. The van der Waals surface area contributed by atoms with Gasteiger partial charge in [0.2, 0.25) is 0 Å². The van der Waals surface area contributed by atoms with Crippen molar-refractivity contribution in [3.05, 3.63) is 70.8 Å². The molecule has 0 saturated carbocycles. The lowest BCUT2D eigenvalue weighted by Crippen LogP contribution is -2.42. The first-order valence-corrected chi connectivity index (χ1v) is 7.80. The molecule has 3 N–H and O–H groups in total. The molecule has 0 spiro atoms. The van der Waals surface area contributed by atoms with E-state index in [4.69, 9.17) is 5.21 Å². The first-order chi connectivity index (χ1) is 11.7. The maximum absolute atomic E-state index is 12.3. The van der Waals surface area contributed by atoms with Gasteiger partial charge in [-0.1, -0.05) is 36.4 Å². The van der Waals surface area contributed by atoms with Gasteiger partial charge in [0.15, 0.2) is 0 Å². The molecular formula is C18H19N3O3. The van der Waals surface area contributed by atoms with Gasteiger partial charge in [-0.15, -0.1) is 0 Å². The Bertz CT molecular complexity index is 746. The molecule has 0 bridgehead atoms. The minimum absolute atomic E-state index is 0.0957. The van der Waals surface area contributed by atoms with E-state index in [0.29, 0.717) is 31.6 Å². The van der Waals surface area contributed by atoms with Gasteiger partial charge < -0.3 is 10.2 Å². The maximum atomic E-state index is 12.3. The van der Waals surface area contributed by atoms with Crippen molar-refractivity contribution in [3.63, 3.8) is 0 Å². The quantitative estimate of drug-likeness (QED) is 0.597. The molecule has 1 heterocycles. The molecular weight excluding hydrogens is 306 g/mol. The minimum Gasteiger partial charge on any atom is -0.334 e. The summed E-state index contributed by atoms with van der Waals surface area (Å²) in [5, 5.41) is 11.6. The van der Waals surface area contributed by atoms with Crippen LogP contribution in [0.5, 0.6) is 0 Å². The zero-order chi connectivity index (χ0) is 16.9. The Labute approximate surface area is 140 Å². The average molecular weight is 325 g/mol. The van der Waals surface area contributed by atoms with E-state index in [0.717, 1.165) is 16.7 Å². The summed E-state index contributed by atoms with van der Waals surface area (Å²) in [4.78, 5) is 25.5. The highest BCUT2D eigenvalue weighted by molar-refractivity contribution is 5.93. The zero-order valence-corrected chi connectivity index (χ0v) is 13.2. The third kappa shape index (κ3) is 3.55. The number of hydroxylamine groups is 1. The lowest BCUT2D eigenvalue weighted by atomic mass is 9.97. The number of urea groups is 1. The number of fused-ring (bicyclic) bond motifs is 1. The highest BCUT2D eigenvalue weighted by Gasteiger charge is 2.21. The molecule has 3 amide bonds. The van der Waals surface area contributed by atoms with Crippen LogP contribution < -0.4 is 10.8 Å². The highest BCUT2D eigenvalue weighted by Crippen LogP contribution is 2.20. The van der Waals surface area contributed by atoms with Gasteiger partial charge in [0.1, 0.15) is 0 Å². The molecule has 0 atom stereocenters. The van der Waals surface area contributed by atoms with E-state index in [9.17, 15) is 9.59 Å². The molecule has 0 aliphatic carbocycles. The predicted molar refractivity (Wildman–Crippen MR) is 88.5 cm³/mol. The molecule has 2 aromatic carbocycles. The summed E-state index contributed by atoms with van der Waals surface area (Å²) in [5.74, 6) is -0.527. The van der Waals surface area contributed by atoms with Crippen molar-refractivity contribution in [1.82, 2.24) is 15.7 Å². The smallest absolute Gasteiger partial charge is 0.317 e. The monoisotopic (exact) mass is 325 g/mol. The molecule has 6 nitrogen and oxygen atoms in total. The molecule has 124 valence electrons. The molecule has 2 aromatic rings. The molecule has 1 aliphatic rings. The van der Waals surface area contributed by atoms with Gasteiger partial charge in [-0.05, 0) is 35.2 Å². The van der Waals surface area contributed by atoms with Crippen molar-refractivity contribution in [3.8, 4) is 0 Å². The molecule has 0 unspecified atom stereocenters. The fraction of sp³-hybridized carbons (Fsp3) is 0.222. The Morgan fingerprint density at radius 1 is 1.08 bits per heavy atom. The second-order valence-electron chi connectivity index (χ2n) is 5.74. The third-order valence-corrected chi connectivity index (χ3v) is 4.16. The molecule has 0 saturated heterocycles. The van der Waals surface area contributed by atoms with Crippen LogP contribution in [0.4, 0.5) is 4.79 Å². The van der Waals surface area contributed by atoms with Gasteiger partial charge >= 0.3 is 6.03 Å². The Balaban J connectivity index is 1.62. The summed E-state index contributed by atoms with van der Waals surface area (Å²) in [6.45, 7) is 1.60. The van der Waals surface area contributed by atoms with Crippen LogP contribution in [0.3, 0.4) is 0 Å². The van der Waals surface area contributed by atoms with E-state index in [2.05, 4.69) is 5.32 Å². The molecule has 1 aliphatic heterocycles. The van der Waals surface area contributed by atoms with Crippen LogP contribution in [-0.4, -0.2) is 28.6 Å². The summed E-state index contributed by atoms with van der Waals surface area (Å²) < 4.78 is 0. The Morgan fingerprint density at radius 3 is 2.62 bits per heavy atom. The normalized spacial score (nSPS) is 13.1. The van der Waals surface area contributed by atoms with Crippen LogP contribution >= 0.6 is 0 Å². The number of carbonyl (C=O) groups is 2. The van der Waals surface area contributed by atoms with E-state index in [-0.39, 0.29) is 6.03 Å². The predicted octanol–water partition coefficient (Wildman–Crippen LogP) is 2.07. The zero-order valence-electron chi connectivity index (χ0n) is 13.2. The Morgan fingerprint density at radius 2 is 1.88 bits per heavy atom. The summed E-state index contributed by atoms with van der Waals surface area (Å²) in [7, 11) is 0.